The van der Waals surface area contributed by atoms with Gasteiger partial charge in [0.2, 0.25) is 0 Å². The van der Waals surface area contributed by atoms with Crippen LogP contribution in [0.2, 0.25) is 0 Å². The molecule has 120 valence electrons. The van der Waals surface area contributed by atoms with Crippen molar-refractivity contribution in [3.8, 4) is 0 Å². The molecule has 1 aliphatic rings. The van der Waals surface area contributed by atoms with Gasteiger partial charge >= 0.3 is 0 Å². The number of hydrogen-bond acceptors (Lipinski definition) is 3. The number of thioether (sulfide) groups is 1. The fraction of sp³-hybridized carbons (Fsp3) is 0.100. The molecule has 4 heteroatoms. The number of likely N-dealkylation sites (N-methyl/N-ethyl adjacent to an activating group) is 1. The lowest BCUT2D eigenvalue weighted by Gasteiger charge is -2.11. The third-order valence-corrected chi connectivity index (χ3v) is 4.55. The van der Waals surface area contributed by atoms with E-state index in [0.717, 1.165) is 16.4 Å². The molecule has 0 aliphatic carbocycles. The molecule has 0 spiro atoms. The summed E-state index contributed by atoms with van der Waals surface area (Å²) in [6.45, 7) is 2.57. The molecule has 2 aromatic rings. The van der Waals surface area contributed by atoms with Crippen molar-refractivity contribution in [3.63, 3.8) is 0 Å². The summed E-state index contributed by atoms with van der Waals surface area (Å²) >= 11 is 1.42. The lowest BCUT2D eigenvalue weighted by atomic mass is 10.2. The van der Waals surface area contributed by atoms with Gasteiger partial charge in [-0.1, -0.05) is 60.7 Å². The average molecular weight is 334 g/mol. The van der Waals surface area contributed by atoms with Crippen molar-refractivity contribution in [1.82, 2.24) is 4.90 Å². The number of aliphatic imine (C=N–C) groups is 1. The molecule has 0 aromatic heterocycles. The van der Waals surface area contributed by atoms with E-state index in [9.17, 15) is 4.79 Å². The van der Waals surface area contributed by atoms with Crippen LogP contribution in [0.15, 0.2) is 82.7 Å². The molecule has 1 heterocycles. The number of rotatable bonds is 4. The Kier molecular flexibility index (Phi) is 5.29. The summed E-state index contributed by atoms with van der Waals surface area (Å²) in [7, 11) is 0. The summed E-state index contributed by atoms with van der Waals surface area (Å²) in [4.78, 5) is 19.5. The van der Waals surface area contributed by atoms with Crippen LogP contribution >= 0.6 is 11.8 Å². The van der Waals surface area contributed by atoms with Crippen molar-refractivity contribution < 1.29 is 4.79 Å². The SMILES string of the molecule is CCN1C(=O)C(=CC=Cc2ccccc2)SC1=Nc1ccccc1. The number of carbonyl (C=O) groups is 1. The quantitative estimate of drug-likeness (QED) is 0.748. The summed E-state index contributed by atoms with van der Waals surface area (Å²) < 4.78 is 0. The van der Waals surface area contributed by atoms with Gasteiger partial charge < -0.3 is 0 Å². The predicted octanol–water partition coefficient (Wildman–Crippen LogP) is 4.87. The van der Waals surface area contributed by atoms with Crippen molar-refractivity contribution in [2.24, 2.45) is 4.99 Å². The highest BCUT2D eigenvalue weighted by Crippen LogP contribution is 2.32. The number of nitrogens with zero attached hydrogens (tertiary/aromatic N) is 2. The van der Waals surface area contributed by atoms with E-state index in [4.69, 9.17) is 0 Å². The van der Waals surface area contributed by atoms with E-state index in [1.54, 1.807) is 4.90 Å². The molecule has 0 atom stereocenters. The molecular weight excluding hydrogens is 316 g/mol. The Morgan fingerprint density at radius 3 is 2.38 bits per heavy atom. The van der Waals surface area contributed by atoms with Crippen molar-refractivity contribution in [3.05, 3.63) is 83.3 Å². The lowest BCUT2D eigenvalue weighted by molar-refractivity contribution is -0.122. The monoisotopic (exact) mass is 334 g/mol. The van der Waals surface area contributed by atoms with E-state index in [1.807, 2.05) is 85.8 Å². The number of amides is 1. The second kappa shape index (κ2) is 7.79. The maximum Gasteiger partial charge on any atom is 0.266 e. The molecule has 1 saturated heterocycles. The van der Waals surface area contributed by atoms with Crippen LogP contribution in [-0.4, -0.2) is 22.5 Å². The highest BCUT2D eigenvalue weighted by atomic mass is 32.2. The van der Waals surface area contributed by atoms with E-state index in [2.05, 4.69) is 4.99 Å². The molecule has 1 amide bonds. The first kappa shape index (κ1) is 16.3. The molecule has 3 rings (SSSR count). The van der Waals surface area contributed by atoms with Crippen LogP contribution < -0.4 is 0 Å². The zero-order valence-electron chi connectivity index (χ0n) is 13.4. The summed E-state index contributed by atoms with van der Waals surface area (Å²) in [5.74, 6) is 0.00916. The summed E-state index contributed by atoms with van der Waals surface area (Å²) in [5.41, 5.74) is 1.96. The molecule has 0 bridgehead atoms. The van der Waals surface area contributed by atoms with Gasteiger partial charge in [0.15, 0.2) is 5.17 Å². The maximum absolute atomic E-state index is 12.5. The topological polar surface area (TPSA) is 32.7 Å². The first-order valence-electron chi connectivity index (χ1n) is 7.85. The van der Waals surface area contributed by atoms with E-state index >= 15 is 0 Å². The van der Waals surface area contributed by atoms with Gasteiger partial charge in [0.1, 0.15) is 0 Å². The van der Waals surface area contributed by atoms with E-state index in [0.29, 0.717) is 11.4 Å². The van der Waals surface area contributed by atoms with Crippen LogP contribution in [0.5, 0.6) is 0 Å². The fourth-order valence-electron chi connectivity index (χ4n) is 2.31. The minimum atomic E-state index is 0.00916. The van der Waals surface area contributed by atoms with Gasteiger partial charge in [-0.2, -0.15) is 0 Å². The number of benzene rings is 2. The Morgan fingerprint density at radius 2 is 1.71 bits per heavy atom. The van der Waals surface area contributed by atoms with Gasteiger partial charge in [0.05, 0.1) is 10.6 Å². The molecule has 24 heavy (non-hydrogen) atoms. The molecule has 0 radical (unpaired) electrons. The molecular formula is C20H18N2OS. The van der Waals surface area contributed by atoms with Gasteiger partial charge in [-0.15, -0.1) is 0 Å². The molecule has 1 aliphatic heterocycles. The maximum atomic E-state index is 12.5. The van der Waals surface area contributed by atoms with Crippen LogP contribution in [0.1, 0.15) is 12.5 Å². The Balaban J connectivity index is 1.81. The van der Waals surface area contributed by atoms with E-state index in [-0.39, 0.29) is 5.91 Å². The van der Waals surface area contributed by atoms with Gasteiger partial charge in [0, 0.05) is 6.54 Å². The van der Waals surface area contributed by atoms with Crippen molar-refractivity contribution >= 4 is 34.6 Å². The molecule has 2 aromatic carbocycles. The molecule has 1 fully saturated rings. The third-order valence-electron chi connectivity index (χ3n) is 3.52. The third kappa shape index (κ3) is 3.84. The Bertz CT molecular complexity index is 795. The Morgan fingerprint density at radius 1 is 1.04 bits per heavy atom. The van der Waals surface area contributed by atoms with Crippen molar-refractivity contribution in [2.75, 3.05) is 6.54 Å². The number of amidine groups is 1. The smallest absolute Gasteiger partial charge is 0.266 e. The zero-order valence-corrected chi connectivity index (χ0v) is 14.2. The number of hydrogen-bond donors (Lipinski definition) is 0. The molecule has 0 N–H and O–H groups in total. The van der Waals surface area contributed by atoms with Gasteiger partial charge in [0.25, 0.3) is 5.91 Å². The zero-order chi connectivity index (χ0) is 16.8. The van der Waals surface area contributed by atoms with Crippen LogP contribution in [0.3, 0.4) is 0 Å². The number of para-hydroxylation sites is 1. The number of allylic oxidation sites excluding steroid dienone is 2. The summed E-state index contributed by atoms with van der Waals surface area (Å²) in [6, 6.07) is 19.7. The Labute approximate surface area is 146 Å². The molecule has 0 unspecified atom stereocenters. The van der Waals surface area contributed by atoms with Crippen LogP contribution in [-0.2, 0) is 4.79 Å². The standard InChI is InChI=1S/C20H18N2OS/c1-2-22-19(23)18(15-9-12-16-10-5-3-6-11-16)24-20(22)21-17-13-7-4-8-14-17/h3-15H,2H2,1H3. The highest BCUT2D eigenvalue weighted by Gasteiger charge is 2.31. The first-order chi connectivity index (χ1) is 11.8. The average Bonchev–Trinajstić information content (AvgIpc) is 2.91. The summed E-state index contributed by atoms with van der Waals surface area (Å²) in [6.07, 6.45) is 5.76. The minimum absolute atomic E-state index is 0.00916. The van der Waals surface area contributed by atoms with Gasteiger partial charge in [-0.3, -0.25) is 9.69 Å². The van der Waals surface area contributed by atoms with Gasteiger partial charge in [-0.05, 0) is 42.5 Å². The summed E-state index contributed by atoms with van der Waals surface area (Å²) in [5, 5.41) is 0.730. The van der Waals surface area contributed by atoms with Crippen LogP contribution in [0.25, 0.3) is 6.08 Å². The highest BCUT2D eigenvalue weighted by molar-refractivity contribution is 8.18. The fourth-order valence-corrected chi connectivity index (χ4v) is 3.32. The Hall–Kier alpha value is -2.59. The molecule has 0 saturated carbocycles. The normalized spacial score (nSPS) is 18.2. The first-order valence-corrected chi connectivity index (χ1v) is 8.66. The minimum Gasteiger partial charge on any atom is -0.287 e. The van der Waals surface area contributed by atoms with E-state index < -0.39 is 0 Å². The second-order valence-corrected chi connectivity index (χ2v) is 6.19. The number of carbonyl (C=O) groups excluding carboxylic acids is 1. The van der Waals surface area contributed by atoms with Crippen molar-refractivity contribution in [1.29, 1.82) is 0 Å². The van der Waals surface area contributed by atoms with Crippen molar-refractivity contribution in [2.45, 2.75) is 6.92 Å². The predicted molar refractivity (Wildman–Crippen MR) is 102 cm³/mol. The largest absolute Gasteiger partial charge is 0.287 e. The van der Waals surface area contributed by atoms with Crippen LogP contribution in [0, 0.1) is 0 Å². The van der Waals surface area contributed by atoms with E-state index in [1.165, 1.54) is 11.8 Å². The lowest BCUT2D eigenvalue weighted by Crippen LogP contribution is -2.28. The molecule has 3 nitrogen and oxygen atoms in total. The second-order valence-electron chi connectivity index (χ2n) is 5.18. The van der Waals surface area contributed by atoms with Gasteiger partial charge in [-0.25, -0.2) is 4.99 Å². The van der Waals surface area contributed by atoms with Crippen LogP contribution in [0.4, 0.5) is 5.69 Å².